The van der Waals surface area contributed by atoms with Crippen molar-refractivity contribution < 1.29 is 27.2 Å². The van der Waals surface area contributed by atoms with Gasteiger partial charge in [0.25, 0.3) is 5.91 Å². The maximum absolute atomic E-state index is 11.9. The van der Waals surface area contributed by atoms with Gasteiger partial charge >= 0.3 is 6.18 Å². The molecule has 1 aromatic heterocycles. The number of rotatable bonds is 4. The minimum atomic E-state index is -4.50. The fourth-order valence-electron chi connectivity index (χ4n) is 1.65. The molecule has 0 fully saturated rings. The van der Waals surface area contributed by atoms with E-state index in [4.69, 9.17) is 4.42 Å². The van der Waals surface area contributed by atoms with Crippen LogP contribution >= 0.6 is 15.9 Å². The van der Waals surface area contributed by atoms with E-state index in [-0.39, 0.29) is 5.76 Å². The predicted molar refractivity (Wildman–Crippen MR) is 75.3 cm³/mol. The third kappa shape index (κ3) is 4.23. The van der Waals surface area contributed by atoms with Crippen LogP contribution in [0.3, 0.4) is 0 Å². The molecule has 9 heteroatoms. The lowest BCUT2D eigenvalue weighted by Gasteiger charge is -2.08. The Morgan fingerprint density at radius 3 is 2.59 bits per heavy atom. The first-order chi connectivity index (χ1) is 10.3. The minimum absolute atomic E-state index is 0.0366. The molecule has 2 aromatic rings. The zero-order valence-electron chi connectivity index (χ0n) is 11.0. The summed E-state index contributed by atoms with van der Waals surface area (Å²) < 4.78 is 41.7. The molecule has 0 aliphatic heterocycles. The van der Waals surface area contributed by atoms with E-state index < -0.39 is 31.1 Å². The van der Waals surface area contributed by atoms with Crippen LogP contribution in [0.25, 0.3) is 11.0 Å². The van der Waals surface area contributed by atoms with Gasteiger partial charge < -0.3 is 15.1 Å². The normalized spacial score (nSPS) is 11.5. The van der Waals surface area contributed by atoms with Gasteiger partial charge in [-0.3, -0.25) is 9.59 Å². The summed E-state index contributed by atoms with van der Waals surface area (Å²) in [6.07, 6.45) is -4.50. The number of fused-ring (bicyclic) bond motifs is 1. The molecule has 118 valence electrons. The first kappa shape index (κ1) is 16.3. The molecule has 0 aliphatic carbocycles. The minimum Gasteiger partial charge on any atom is -0.450 e. The summed E-state index contributed by atoms with van der Waals surface area (Å²) in [6, 6.07) is 6.70. The highest BCUT2D eigenvalue weighted by Crippen LogP contribution is 2.26. The van der Waals surface area contributed by atoms with Gasteiger partial charge in [-0.25, -0.2) is 0 Å². The molecule has 0 spiro atoms. The van der Waals surface area contributed by atoms with E-state index in [1.807, 2.05) is 0 Å². The van der Waals surface area contributed by atoms with Crippen LogP contribution in [0.2, 0.25) is 0 Å². The Balaban J connectivity index is 1.94. The van der Waals surface area contributed by atoms with E-state index in [1.54, 1.807) is 23.5 Å². The molecule has 22 heavy (non-hydrogen) atoms. The molecule has 0 unspecified atom stereocenters. The van der Waals surface area contributed by atoms with Gasteiger partial charge in [0.05, 0.1) is 11.0 Å². The Morgan fingerprint density at radius 2 is 1.95 bits per heavy atom. The summed E-state index contributed by atoms with van der Waals surface area (Å²) in [7, 11) is 0. The van der Waals surface area contributed by atoms with E-state index in [0.717, 1.165) is 0 Å². The summed E-state index contributed by atoms with van der Waals surface area (Å²) in [5.74, 6) is -1.67. The van der Waals surface area contributed by atoms with Crippen molar-refractivity contribution in [2.45, 2.75) is 6.18 Å². The fourth-order valence-corrected chi connectivity index (χ4v) is 2.11. The van der Waals surface area contributed by atoms with Crippen LogP contribution in [0.1, 0.15) is 10.6 Å². The summed E-state index contributed by atoms with van der Waals surface area (Å²) >= 11 is 3.26. The van der Waals surface area contributed by atoms with Gasteiger partial charge in [0.2, 0.25) is 5.91 Å². The lowest BCUT2D eigenvalue weighted by atomic mass is 10.2. The molecule has 2 N–H and O–H groups in total. The molecule has 5 nitrogen and oxygen atoms in total. The third-order valence-electron chi connectivity index (χ3n) is 2.62. The quantitative estimate of drug-likeness (QED) is 0.858. The second-order valence-corrected chi connectivity index (χ2v) is 5.20. The second kappa shape index (κ2) is 6.39. The molecule has 1 aromatic carbocycles. The molecule has 1 heterocycles. The van der Waals surface area contributed by atoms with Crippen LogP contribution < -0.4 is 10.6 Å². The molecule has 0 radical (unpaired) electrons. The van der Waals surface area contributed by atoms with Crippen molar-refractivity contribution in [2.24, 2.45) is 0 Å². The summed E-state index contributed by atoms with van der Waals surface area (Å²) in [5.41, 5.74) is 0.467. The van der Waals surface area contributed by atoms with Crippen LogP contribution in [-0.2, 0) is 4.79 Å². The lowest BCUT2D eigenvalue weighted by molar-refractivity contribution is -0.137. The summed E-state index contributed by atoms with van der Waals surface area (Å²) in [4.78, 5) is 23.0. The molecular weight excluding hydrogens is 369 g/mol. The van der Waals surface area contributed by atoms with E-state index in [0.29, 0.717) is 15.4 Å². The van der Waals surface area contributed by atoms with Gasteiger partial charge in [-0.05, 0) is 28.1 Å². The first-order valence-electron chi connectivity index (χ1n) is 6.06. The van der Waals surface area contributed by atoms with Crippen molar-refractivity contribution in [2.75, 3.05) is 13.1 Å². The van der Waals surface area contributed by atoms with E-state index in [1.165, 1.54) is 6.07 Å². The number of nitrogens with one attached hydrogen (secondary N) is 2. The summed E-state index contributed by atoms with van der Waals surface area (Å²) in [5, 5.41) is 4.52. The Bertz CT molecular complexity index is 712. The van der Waals surface area contributed by atoms with Crippen LogP contribution in [0.4, 0.5) is 13.2 Å². The number of furan rings is 1. The number of halogens is 4. The smallest absolute Gasteiger partial charge is 0.405 e. The lowest BCUT2D eigenvalue weighted by Crippen LogP contribution is -2.40. The number of para-hydroxylation sites is 1. The average Bonchev–Trinajstić information content (AvgIpc) is 2.87. The van der Waals surface area contributed by atoms with Crippen LogP contribution in [0.5, 0.6) is 0 Å². The second-order valence-electron chi connectivity index (χ2n) is 4.34. The van der Waals surface area contributed by atoms with E-state index in [2.05, 4.69) is 21.2 Å². The Labute approximate surface area is 131 Å². The zero-order valence-corrected chi connectivity index (χ0v) is 12.5. The number of amides is 2. The van der Waals surface area contributed by atoms with Crippen molar-refractivity contribution >= 4 is 38.7 Å². The highest BCUT2D eigenvalue weighted by atomic mass is 79.9. The SMILES string of the molecule is O=C(CNC(=O)c1cc2cccc(Br)c2o1)NCC(F)(F)F. The predicted octanol–water partition coefficient (Wildman–Crippen LogP) is 2.60. The molecule has 0 aliphatic rings. The van der Waals surface area contributed by atoms with Crippen molar-refractivity contribution in [3.8, 4) is 0 Å². The molecule has 2 rings (SSSR count). The van der Waals surface area contributed by atoms with Crippen molar-refractivity contribution in [1.29, 1.82) is 0 Å². The van der Waals surface area contributed by atoms with Crippen LogP contribution in [0, 0.1) is 0 Å². The number of carbonyl (C=O) groups excluding carboxylic acids is 2. The molecule has 0 bridgehead atoms. The largest absolute Gasteiger partial charge is 0.450 e. The van der Waals surface area contributed by atoms with E-state index >= 15 is 0 Å². The summed E-state index contributed by atoms with van der Waals surface area (Å²) in [6.45, 7) is -2.02. The van der Waals surface area contributed by atoms with Crippen LogP contribution in [-0.4, -0.2) is 31.1 Å². The number of hydrogen-bond acceptors (Lipinski definition) is 3. The molecule has 0 atom stereocenters. The third-order valence-corrected chi connectivity index (χ3v) is 3.24. The first-order valence-corrected chi connectivity index (χ1v) is 6.85. The van der Waals surface area contributed by atoms with Gasteiger partial charge in [0, 0.05) is 5.39 Å². The van der Waals surface area contributed by atoms with Gasteiger partial charge in [0.1, 0.15) is 12.1 Å². The Kier molecular flexibility index (Phi) is 4.74. The maximum atomic E-state index is 11.9. The molecule has 0 saturated heterocycles. The monoisotopic (exact) mass is 378 g/mol. The van der Waals surface area contributed by atoms with Crippen molar-refractivity contribution in [3.63, 3.8) is 0 Å². The topological polar surface area (TPSA) is 71.3 Å². The van der Waals surface area contributed by atoms with E-state index in [9.17, 15) is 22.8 Å². The van der Waals surface area contributed by atoms with Crippen LogP contribution in [0.15, 0.2) is 33.2 Å². The van der Waals surface area contributed by atoms with Crippen molar-refractivity contribution in [1.82, 2.24) is 10.6 Å². The standard InChI is InChI=1S/C13H10BrF3N2O3/c14-8-3-1-2-7-4-9(22-11(7)8)12(21)18-5-10(20)19-6-13(15,16)17/h1-4H,5-6H2,(H,18,21)(H,19,20). The molecule has 0 saturated carbocycles. The number of benzene rings is 1. The van der Waals surface area contributed by atoms with Gasteiger partial charge in [-0.2, -0.15) is 13.2 Å². The maximum Gasteiger partial charge on any atom is 0.405 e. The van der Waals surface area contributed by atoms with Crippen molar-refractivity contribution in [3.05, 3.63) is 34.5 Å². The highest BCUT2D eigenvalue weighted by molar-refractivity contribution is 9.10. The molecule has 2 amide bonds. The fraction of sp³-hybridized carbons (Fsp3) is 0.231. The Hall–Kier alpha value is -2.03. The zero-order chi connectivity index (χ0) is 16.3. The number of carbonyl (C=O) groups is 2. The molecular formula is C13H10BrF3N2O3. The average molecular weight is 379 g/mol. The number of hydrogen-bond donors (Lipinski definition) is 2. The highest BCUT2D eigenvalue weighted by Gasteiger charge is 2.27. The van der Waals surface area contributed by atoms with Gasteiger partial charge in [0.15, 0.2) is 5.76 Å². The number of alkyl halides is 3. The Morgan fingerprint density at radius 1 is 1.23 bits per heavy atom. The van der Waals surface area contributed by atoms with Gasteiger partial charge in [-0.15, -0.1) is 0 Å². The van der Waals surface area contributed by atoms with Gasteiger partial charge in [-0.1, -0.05) is 12.1 Å².